The van der Waals surface area contributed by atoms with E-state index in [-0.39, 0.29) is 23.8 Å². The van der Waals surface area contributed by atoms with Gasteiger partial charge in [-0.25, -0.2) is 19.9 Å². The molecule has 1 aliphatic rings. The quantitative estimate of drug-likeness (QED) is 0.392. The van der Waals surface area contributed by atoms with E-state index < -0.39 is 0 Å². The van der Waals surface area contributed by atoms with Crippen LogP contribution in [0.4, 0.5) is 11.6 Å². The van der Waals surface area contributed by atoms with Crippen molar-refractivity contribution >= 4 is 28.4 Å². The van der Waals surface area contributed by atoms with Crippen molar-refractivity contribution in [3.63, 3.8) is 0 Å². The van der Waals surface area contributed by atoms with E-state index in [1.54, 1.807) is 10.8 Å². The van der Waals surface area contributed by atoms with Gasteiger partial charge in [0.1, 0.15) is 23.8 Å². The zero-order chi connectivity index (χ0) is 23.1. The summed E-state index contributed by atoms with van der Waals surface area (Å²) >= 11 is 0. The molecule has 0 saturated heterocycles. The average Bonchev–Trinajstić information content (AvgIpc) is 3.64. The van der Waals surface area contributed by atoms with E-state index in [0.717, 1.165) is 29.7 Å². The number of aromatic nitrogens is 5. The molecule has 9 nitrogen and oxygen atoms in total. The second-order valence-electron chi connectivity index (χ2n) is 8.31. The predicted octanol–water partition coefficient (Wildman–Crippen LogP) is 3.16. The maximum Gasteiger partial charge on any atom is 0.267 e. The van der Waals surface area contributed by atoms with Gasteiger partial charge in [0.25, 0.3) is 5.56 Å². The first-order valence-corrected chi connectivity index (χ1v) is 10.8. The molecule has 1 saturated carbocycles. The molecule has 0 spiro atoms. The maximum atomic E-state index is 13.6. The molecule has 0 radical (unpaired) electrons. The predicted molar refractivity (Wildman–Crippen MR) is 128 cm³/mol. The number of pyridine rings is 1. The lowest BCUT2D eigenvalue weighted by atomic mass is 10.1. The van der Waals surface area contributed by atoms with Gasteiger partial charge in [-0.2, -0.15) is 0 Å². The lowest BCUT2D eigenvalue weighted by molar-refractivity contribution is 0.826. The van der Waals surface area contributed by atoms with E-state index in [1.807, 2.05) is 44.2 Å². The first kappa shape index (κ1) is 20.7. The van der Waals surface area contributed by atoms with Crippen molar-refractivity contribution in [2.75, 3.05) is 11.1 Å². The Morgan fingerprint density at radius 1 is 1.15 bits per heavy atom. The van der Waals surface area contributed by atoms with E-state index in [1.165, 1.54) is 6.33 Å². The molecule has 0 unspecified atom stereocenters. The summed E-state index contributed by atoms with van der Waals surface area (Å²) in [4.78, 5) is 31.1. The number of aryl methyl sites for hydroxylation is 2. The van der Waals surface area contributed by atoms with Crippen molar-refractivity contribution in [2.45, 2.75) is 33.2 Å². The van der Waals surface area contributed by atoms with E-state index in [9.17, 15) is 4.79 Å². The number of anilines is 2. The van der Waals surface area contributed by atoms with Crippen molar-refractivity contribution in [2.24, 2.45) is 5.92 Å². The summed E-state index contributed by atoms with van der Waals surface area (Å²) in [6, 6.07) is 9.50. The van der Waals surface area contributed by atoms with Gasteiger partial charge in [0.2, 0.25) is 0 Å². The second kappa shape index (κ2) is 8.09. The van der Waals surface area contributed by atoms with E-state index in [4.69, 9.17) is 16.1 Å². The van der Waals surface area contributed by atoms with Crippen LogP contribution in [0.5, 0.6) is 0 Å². The third-order valence-electron chi connectivity index (χ3n) is 5.95. The number of nitrogens with zero attached hydrogens (tertiary/aromatic N) is 5. The molecular weight excluding hydrogens is 416 g/mol. The molecule has 3 aromatic heterocycles. The van der Waals surface area contributed by atoms with Crippen LogP contribution in [-0.2, 0) is 6.54 Å². The van der Waals surface area contributed by atoms with Crippen molar-refractivity contribution in [1.29, 1.82) is 5.41 Å². The van der Waals surface area contributed by atoms with Crippen molar-refractivity contribution in [3.8, 4) is 5.69 Å². The monoisotopic (exact) mass is 440 g/mol. The summed E-state index contributed by atoms with van der Waals surface area (Å²) in [5.41, 5.74) is 9.80. The molecule has 4 N–H and O–H groups in total. The van der Waals surface area contributed by atoms with Crippen LogP contribution < -0.4 is 16.6 Å². The van der Waals surface area contributed by atoms with E-state index >= 15 is 0 Å². The molecule has 0 aliphatic heterocycles. The molecule has 1 aromatic carbocycles. The standard InChI is InChI=1S/C24H24N8O/c1-13-5-3-4-6-16(13)32-17(31-23-18(24(32)33)14(2)9-10-27-23)11-28-22-19(20(25)15-7-8-15)21(26)29-12-30-22/h3-6,9-10,12,15,25H,7-8,11H2,1-2H3,(H3,26,28,29,30). The minimum atomic E-state index is -0.176. The van der Waals surface area contributed by atoms with Crippen molar-refractivity contribution in [1.82, 2.24) is 24.5 Å². The van der Waals surface area contributed by atoms with Gasteiger partial charge >= 0.3 is 0 Å². The summed E-state index contributed by atoms with van der Waals surface area (Å²) in [5.74, 6) is 1.41. The van der Waals surface area contributed by atoms with Crippen LogP contribution >= 0.6 is 0 Å². The number of hydrogen-bond donors (Lipinski definition) is 3. The third kappa shape index (κ3) is 3.71. The van der Waals surface area contributed by atoms with Crippen LogP contribution in [0.3, 0.4) is 0 Å². The van der Waals surface area contributed by atoms with Crippen LogP contribution in [0.15, 0.2) is 47.7 Å². The lowest BCUT2D eigenvalue weighted by Gasteiger charge is -2.17. The number of nitrogen functional groups attached to an aromatic ring is 1. The molecule has 1 aliphatic carbocycles. The van der Waals surface area contributed by atoms with Gasteiger partial charge in [-0.05, 0) is 49.9 Å². The van der Waals surface area contributed by atoms with Crippen LogP contribution in [-0.4, -0.2) is 30.2 Å². The SMILES string of the molecule is Cc1ccccc1-n1c(CNc2ncnc(N)c2C(=N)C2CC2)nc2nccc(C)c2c1=O. The summed E-state index contributed by atoms with van der Waals surface area (Å²) < 4.78 is 1.62. The van der Waals surface area contributed by atoms with Crippen LogP contribution in [0, 0.1) is 25.2 Å². The Hall–Kier alpha value is -4.14. The van der Waals surface area contributed by atoms with E-state index in [2.05, 4.69) is 20.3 Å². The van der Waals surface area contributed by atoms with Crippen LogP contribution in [0.2, 0.25) is 0 Å². The molecule has 166 valence electrons. The molecule has 33 heavy (non-hydrogen) atoms. The molecule has 0 atom stereocenters. The molecule has 0 bridgehead atoms. The summed E-state index contributed by atoms with van der Waals surface area (Å²) in [6.45, 7) is 4.03. The Kier molecular flexibility index (Phi) is 5.08. The fraction of sp³-hybridized carbons (Fsp3) is 0.250. The highest BCUT2D eigenvalue weighted by Gasteiger charge is 2.31. The highest BCUT2D eigenvalue weighted by atomic mass is 16.1. The smallest absolute Gasteiger partial charge is 0.267 e. The highest BCUT2D eigenvalue weighted by molar-refractivity contribution is 6.08. The summed E-state index contributed by atoms with van der Waals surface area (Å²) in [5, 5.41) is 12.2. The number of para-hydroxylation sites is 1. The molecule has 4 aromatic rings. The van der Waals surface area contributed by atoms with Crippen molar-refractivity contribution in [3.05, 3.63) is 75.7 Å². The number of rotatable bonds is 6. The van der Waals surface area contributed by atoms with Gasteiger partial charge in [-0.1, -0.05) is 18.2 Å². The topological polar surface area (TPSA) is 135 Å². The van der Waals surface area contributed by atoms with Gasteiger partial charge in [-0.3, -0.25) is 9.36 Å². The van der Waals surface area contributed by atoms with Gasteiger partial charge in [0.15, 0.2) is 5.65 Å². The number of benzene rings is 1. The van der Waals surface area contributed by atoms with Crippen LogP contribution in [0.25, 0.3) is 16.7 Å². The minimum Gasteiger partial charge on any atom is -0.383 e. The van der Waals surface area contributed by atoms with Crippen molar-refractivity contribution < 1.29 is 0 Å². The lowest BCUT2D eigenvalue weighted by Crippen LogP contribution is -2.27. The molecular formula is C24H24N8O. The first-order chi connectivity index (χ1) is 16.0. The summed E-state index contributed by atoms with van der Waals surface area (Å²) in [7, 11) is 0. The maximum absolute atomic E-state index is 13.6. The molecule has 9 heteroatoms. The zero-order valence-corrected chi connectivity index (χ0v) is 18.5. The fourth-order valence-corrected chi connectivity index (χ4v) is 4.01. The second-order valence-corrected chi connectivity index (χ2v) is 8.31. The van der Waals surface area contributed by atoms with E-state index in [0.29, 0.717) is 34.0 Å². The average molecular weight is 441 g/mol. The molecule has 1 fully saturated rings. The Balaban J connectivity index is 1.63. The first-order valence-electron chi connectivity index (χ1n) is 10.8. The fourth-order valence-electron chi connectivity index (χ4n) is 4.01. The summed E-state index contributed by atoms with van der Waals surface area (Å²) in [6.07, 6.45) is 4.96. The Morgan fingerprint density at radius 3 is 2.70 bits per heavy atom. The zero-order valence-electron chi connectivity index (χ0n) is 18.5. The number of nitrogens with one attached hydrogen (secondary N) is 2. The Morgan fingerprint density at radius 2 is 1.94 bits per heavy atom. The molecule has 0 amide bonds. The van der Waals surface area contributed by atoms with Gasteiger partial charge in [0, 0.05) is 17.8 Å². The Labute approximate surface area is 190 Å². The number of hydrogen-bond acceptors (Lipinski definition) is 8. The van der Waals surface area contributed by atoms with Gasteiger partial charge in [-0.15, -0.1) is 0 Å². The largest absolute Gasteiger partial charge is 0.383 e. The molecule has 5 rings (SSSR count). The normalized spacial score (nSPS) is 13.3. The highest BCUT2D eigenvalue weighted by Crippen LogP contribution is 2.35. The minimum absolute atomic E-state index is 0.176. The number of nitrogens with two attached hydrogens (primary N) is 1. The Bertz CT molecular complexity index is 1460. The van der Waals surface area contributed by atoms with Crippen LogP contribution in [0.1, 0.15) is 35.4 Å². The van der Waals surface area contributed by atoms with Gasteiger partial charge in [0.05, 0.1) is 23.2 Å². The third-order valence-corrected chi connectivity index (χ3v) is 5.95. The van der Waals surface area contributed by atoms with Gasteiger partial charge < -0.3 is 16.5 Å². The molecule has 3 heterocycles. The number of fused-ring (bicyclic) bond motifs is 1.